The molecule has 4 heteroatoms. The Morgan fingerprint density at radius 1 is 0.864 bits per heavy atom. The van der Waals surface area contributed by atoms with Gasteiger partial charge in [-0.15, -0.1) is 0 Å². The van der Waals surface area contributed by atoms with E-state index in [1.165, 1.54) is 6.92 Å². The van der Waals surface area contributed by atoms with Gasteiger partial charge in [-0.3, -0.25) is 14.4 Å². The molecule has 112 valence electrons. The number of rotatable bonds is 6. The molecule has 2 aromatic rings. The summed E-state index contributed by atoms with van der Waals surface area (Å²) in [6, 6.07) is 15.6. The van der Waals surface area contributed by atoms with Crippen molar-refractivity contribution in [1.82, 2.24) is 0 Å². The molecule has 0 atom stereocenters. The van der Waals surface area contributed by atoms with Crippen LogP contribution >= 0.6 is 0 Å². The van der Waals surface area contributed by atoms with Crippen molar-refractivity contribution in [3.63, 3.8) is 0 Å². The second-order valence-electron chi connectivity index (χ2n) is 4.97. The van der Waals surface area contributed by atoms with E-state index in [0.717, 1.165) is 0 Å². The molecule has 0 heterocycles. The minimum absolute atomic E-state index is 0.0599. The Bertz CT molecular complexity index is 692. The largest absolute Gasteiger partial charge is 0.326 e. The van der Waals surface area contributed by atoms with Crippen LogP contribution in [0, 0.1) is 0 Å². The number of hydrogen-bond acceptors (Lipinski definition) is 3. The lowest BCUT2D eigenvalue weighted by atomic mass is 10.1. The molecule has 0 saturated carbocycles. The van der Waals surface area contributed by atoms with Crippen LogP contribution in [0.1, 0.15) is 40.5 Å². The molecule has 4 nitrogen and oxygen atoms in total. The van der Waals surface area contributed by atoms with E-state index >= 15 is 0 Å². The van der Waals surface area contributed by atoms with Gasteiger partial charge in [0.1, 0.15) is 0 Å². The topological polar surface area (TPSA) is 63.2 Å². The maximum atomic E-state index is 11.9. The first-order valence-electron chi connectivity index (χ1n) is 7.05. The molecule has 1 amide bonds. The quantitative estimate of drug-likeness (QED) is 0.830. The summed E-state index contributed by atoms with van der Waals surface area (Å²) in [5.41, 5.74) is 1.71. The standard InChI is InChI=1S/C18H17NO3/c1-13(20)15-8-5-9-16(12-15)19-18(22)11-10-17(21)14-6-3-2-4-7-14/h2-9,12H,10-11H2,1H3,(H,19,22). The van der Waals surface area contributed by atoms with Gasteiger partial charge in [-0.1, -0.05) is 42.5 Å². The number of carbonyl (C=O) groups is 3. The van der Waals surface area contributed by atoms with Crippen LogP contribution in [-0.2, 0) is 4.79 Å². The van der Waals surface area contributed by atoms with Gasteiger partial charge >= 0.3 is 0 Å². The zero-order valence-electron chi connectivity index (χ0n) is 12.3. The Hall–Kier alpha value is -2.75. The highest BCUT2D eigenvalue weighted by atomic mass is 16.2. The van der Waals surface area contributed by atoms with E-state index in [0.29, 0.717) is 16.8 Å². The van der Waals surface area contributed by atoms with Crippen LogP contribution in [0.5, 0.6) is 0 Å². The zero-order valence-corrected chi connectivity index (χ0v) is 12.3. The predicted molar refractivity (Wildman–Crippen MR) is 85.1 cm³/mol. The van der Waals surface area contributed by atoms with Crippen molar-refractivity contribution in [2.24, 2.45) is 0 Å². The number of ketones is 2. The van der Waals surface area contributed by atoms with Crippen molar-refractivity contribution in [1.29, 1.82) is 0 Å². The Balaban J connectivity index is 1.89. The lowest BCUT2D eigenvalue weighted by molar-refractivity contribution is -0.116. The molecular formula is C18H17NO3. The van der Waals surface area contributed by atoms with Gasteiger partial charge in [-0.2, -0.15) is 0 Å². The molecular weight excluding hydrogens is 278 g/mol. The van der Waals surface area contributed by atoms with Crippen molar-refractivity contribution >= 4 is 23.2 Å². The fourth-order valence-electron chi connectivity index (χ4n) is 2.03. The third kappa shape index (κ3) is 4.38. The third-order valence-electron chi connectivity index (χ3n) is 3.23. The zero-order chi connectivity index (χ0) is 15.9. The second-order valence-corrected chi connectivity index (χ2v) is 4.97. The van der Waals surface area contributed by atoms with E-state index in [4.69, 9.17) is 0 Å². The number of nitrogens with one attached hydrogen (secondary N) is 1. The van der Waals surface area contributed by atoms with Crippen LogP contribution in [0.25, 0.3) is 0 Å². The van der Waals surface area contributed by atoms with Gasteiger partial charge in [0.15, 0.2) is 11.6 Å². The monoisotopic (exact) mass is 295 g/mol. The molecule has 0 spiro atoms. The van der Waals surface area contributed by atoms with Crippen LogP contribution in [-0.4, -0.2) is 17.5 Å². The Morgan fingerprint density at radius 3 is 2.23 bits per heavy atom. The summed E-state index contributed by atoms with van der Waals surface area (Å²) in [5.74, 6) is -0.367. The van der Waals surface area contributed by atoms with Gasteiger partial charge in [0.05, 0.1) is 0 Å². The summed E-state index contributed by atoms with van der Waals surface area (Å²) >= 11 is 0. The van der Waals surface area contributed by atoms with E-state index in [1.54, 1.807) is 48.5 Å². The summed E-state index contributed by atoms with van der Waals surface area (Å²) in [6.45, 7) is 1.47. The molecule has 0 saturated heterocycles. The minimum Gasteiger partial charge on any atom is -0.326 e. The first-order valence-corrected chi connectivity index (χ1v) is 7.05. The van der Waals surface area contributed by atoms with Gasteiger partial charge in [-0.25, -0.2) is 0 Å². The molecule has 2 aromatic carbocycles. The van der Waals surface area contributed by atoms with Gasteiger partial charge in [-0.05, 0) is 19.1 Å². The molecule has 0 fully saturated rings. The number of benzene rings is 2. The maximum Gasteiger partial charge on any atom is 0.224 e. The average Bonchev–Trinajstić information content (AvgIpc) is 2.53. The first-order chi connectivity index (χ1) is 10.6. The van der Waals surface area contributed by atoms with E-state index in [2.05, 4.69) is 5.32 Å². The molecule has 0 aliphatic carbocycles. The molecule has 2 rings (SSSR count). The van der Waals surface area contributed by atoms with E-state index in [9.17, 15) is 14.4 Å². The molecule has 0 unspecified atom stereocenters. The van der Waals surface area contributed by atoms with Crippen LogP contribution < -0.4 is 5.32 Å². The van der Waals surface area contributed by atoms with Gasteiger partial charge in [0.2, 0.25) is 5.91 Å². The summed E-state index contributed by atoms with van der Waals surface area (Å²) in [4.78, 5) is 35.1. The van der Waals surface area contributed by atoms with Crippen molar-refractivity contribution in [2.75, 3.05) is 5.32 Å². The second kappa shape index (κ2) is 7.31. The van der Waals surface area contributed by atoms with Crippen molar-refractivity contribution < 1.29 is 14.4 Å². The fourth-order valence-corrected chi connectivity index (χ4v) is 2.03. The molecule has 0 aliphatic heterocycles. The van der Waals surface area contributed by atoms with E-state index < -0.39 is 0 Å². The highest BCUT2D eigenvalue weighted by Crippen LogP contribution is 2.12. The van der Waals surface area contributed by atoms with Crippen LogP contribution in [0.4, 0.5) is 5.69 Å². The maximum absolute atomic E-state index is 11.9. The van der Waals surface area contributed by atoms with Gasteiger partial charge in [0.25, 0.3) is 0 Å². The summed E-state index contributed by atoms with van der Waals surface area (Å²) in [5, 5.41) is 2.70. The molecule has 0 aliphatic rings. The SMILES string of the molecule is CC(=O)c1cccc(NC(=O)CCC(=O)c2ccccc2)c1. The lowest BCUT2D eigenvalue weighted by Crippen LogP contribution is -2.13. The van der Waals surface area contributed by atoms with Crippen molar-refractivity contribution in [3.8, 4) is 0 Å². The number of anilines is 1. The normalized spacial score (nSPS) is 10.0. The van der Waals surface area contributed by atoms with Gasteiger partial charge < -0.3 is 5.32 Å². The number of carbonyl (C=O) groups excluding carboxylic acids is 3. The predicted octanol–water partition coefficient (Wildman–Crippen LogP) is 3.49. The van der Waals surface area contributed by atoms with Crippen LogP contribution in [0.2, 0.25) is 0 Å². The van der Waals surface area contributed by atoms with E-state index in [-0.39, 0.29) is 30.3 Å². The highest BCUT2D eigenvalue weighted by Gasteiger charge is 2.09. The van der Waals surface area contributed by atoms with Gasteiger partial charge in [0, 0.05) is 29.7 Å². The molecule has 0 aromatic heterocycles. The number of hydrogen-bond donors (Lipinski definition) is 1. The highest BCUT2D eigenvalue weighted by molar-refractivity contribution is 6.00. The van der Waals surface area contributed by atoms with E-state index in [1.807, 2.05) is 6.07 Å². The lowest BCUT2D eigenvalue weighted by Gasteiger charge is -2.06. The minimum atomic E-state index is -0.245. The third-order valence-corrected chi connectivity index (χ3v) is 3.23. The summed E-state index contributed by atoms with van der Waals surface area (Å²) in [6.07, 6.45) is 0.264. The van der Waals surface area contributed by atoms with Crippen molar-refractivity contribution in [3.05, 3.63) is 65.7 Å². The Labute approximate surface area is 129 Å². The average molecular weight is 295 g/mol. The van der Waals surface area contributed by atoms with Crippen molar-refractivity contribution in [2.45, 2.75) is 19.8 Å². The number of Topliss-reactive ketones (excluding diaryl/α,β-unsaturated/α-hetero) is 2. The van der Waals surface area contributed by atoms with Crippen LogP contribution in [0.3, 0.4) is 0 Å². The Morgan fingerprint density at radius 2 is 1.55 bits per heavy atom. The molecule has 1 N–H and O–H groups in total. The summed E-state index contributed by atoms with van der Waals surface area (Å²) < 4.78 is 0. The Kier molecular flexibility index (Phi) is 5.20. The molecule has 0 radical (unpaired) electrons. The fraction of sp³-hybridized carbons (Fsp3) is 0.167. The molecule has 22 heavy (non-hydrogen) atoms. The number of amides is 1. The first kappa shape index (κ1) is 15.6. The summed E-state index contributed by atoms with van der Waals surface area (Å²) in [7, 11) is 0. The molecule has 0 bridgehead atoms. The van der Waals surface area contributed by atoms with Crippen LogP contribution in [0.15, 0.2) is 54.6 Å². The smallest absolute Gasteiger partial charge is 0.224 e.